The van der Waals surface area contributed by atoms with E-state index in [-0.39, 0.29) is 16.0 Å². The molecule has 10 nitrogen and oxygen atoms in total. The average molecular weight is 558 g/mol. The first-order valence-electron chi connectivity index (χ1n) is 8.96. The Morgan fingerprint density at radius 1 is 0.735 bits per heavy atom. The summed E-state index contributed by atoms with van der Waals surface area (Å²) in [5.41, 5.74) is 1.89. The molecule has 4 heterocycles. The topological polar surface area (TPSA) is 127 Å². The standard InChI is InChI=1S/C10H5ClN4.C6H3BrN2.C4H4BClN2O2/c1-12-9-4-7(2-3-13-9)8-5-14-10(11)15-6-8;1-8-6-4-5(7)2-3-9-6;6-4-7-1-3(2-8-4)5(9)10/h2-6H;2-4H;1-2,9-10H. The van der Waals surface area contributed by atoms with Crippen LogP contribution in [0.3, 0.4) is 0 Å². The third-order valence-electron chi connectivity index (χ3n) is 3.57. The molecule has 0 amide bonds. The van der Waals surface area contributed by atoms with Gasteiger partial charge in [0.2, 0.25) is 10.6 Å². The summed E-state index contributed by atoms with van der Waals surface area (Å²) in [4.78, 5) is 28.8. The van der Waals surface area contributed by atoms with Gasteiger partial charge < -0.3 is 19.7 Å². The van der Waals surface area contributed by atoms with Crippen LogP contribution in [-0.2, 0) is 0 Å². The van der Waals surface area contributed by atoms with Crippen molar-refractivity contribution in [2.24, 2.45) is 0 Å². The minimum Gasteiger partial charge on any atom is -0.423 e. The molecule has 0 aromatic carbocycles. The number of rotatable bonds is 2. The minimum atomic E-state index is -1.53. The van der Waals surface area contributed by atoms with Crippen LogP contribution in [0.15, 0.2) is 65.9 Å². The van der Waals surface area contributed by atoms with Crippen LogP contribution in [-0.4, -0.2) is 47.1 Å². The monoisotopic (exact) mass is 556 g/mol. The van der Waals surface area contributed by atoms with E-state index >= 15 is 0 Å². The molecular formula is C20H12BBrCl2N8O2. The third kappa shape index (κ3) is 9.15. The molecule has 0 aliphatic heterocycles. The molecule has 4 aromatic heterocycles. The molecule has 4 rings (SSSR count). The zero-order chi connectivity index (χ0) is 24.9. The summed E-state index contributed by atoms with van der Waals surface area (Å²) in [6.45, 7) is 13.4. The van der Waals surface area contributed by atoms with Crippen LogP contribution in [0.25, 0.3) is 20.8 Å². The van der Waals surface area contributed by atoms with Crippen molar-refractivity contribution in [2.75, 3.05) is 0 Å². The van der Waals surface area contributed by atoms with Crippen molar-refractivity contribution >= 4 is 63.3 Å². The Kier molecular flexibility index (Phi) is 10.9. The van der Waals surface area contributed by atoms with Gasteiger partial charge in [-0.2, -0.15) is 0 Å². The van der Waals surface area contributed by atoms with Gasteiger partial charge in [0.05, 0.1) is 0 Å². The Labute approximate surface area is 213 Å². The lowest BCUT2D eigenvalue weighted by atomic mass is 9.83. The third-order valence-corrected chi connectivity index (χ3v) is 4.46. The van der Waals surface area contributed by atoms with E-state index in [0.29, 0.717) is 11.6 Å². The molecule has 168 valence electrons. The highest BCUT2D eigenvalue weighted by atomic mass is 79.9. The Balaban J connectivity index is 0.000000189. The Morgan fingerprint density at radius 3 is 1.71 bits per heavy atom. The second-order valence-corrected chi connectivity index (χ2v) is 7.45. The molecule has 4 aromatic rings. The van der Waals surface area contributed by atoms with E-state index in [0.717, 1.165) is 15.6 Å². The van der Waals surface area contributed by atoms with Crippen LogP contribution >= 0.6 is 39.1 Å². The first-order valence-corrected chi connectivity index (χ1v) is 10.5. The lowest BCUT2D eigenvalue weighted by Crippen LogP contribution is -2.30. The molecule has 0 unspecified atom stereocenters. The summed E-state index contributed by atoms with van der Waals surface area (Å²) in [5.74, 6) is 0.770. The highest BCUT2D eigenvalue weighted by Crippen LogP contribution is 2.21. The number of pyridine rings is 2. The van der Waals surface area contributed by atoms with E-state index in [9.17, 15) is 0 Å². The normalized spacial score (nSPS) is 9.26. The van der Waals surface area contributed by atoms with E-state index in [4.69, 9.17) is 46.4 Å². The van der Waals surface area contributed by atoms with Crippen molar-refractivity contribution in [1.29, 1.82) is 0 Å². The summed E-state index contributed by atoms with van der Waals surface area (Å²) in [5, 5.41) is 17.4. The number of halogens is 3. The maximum Gasteiger partial charge on any atom is 0.491 e. The van der Waals surface area contributed by atoms with Crippen molar-refractivity contribution < 1.29 is 10.0 Å². The predicted molar refractivity (Wildman–Crippen MR) is 132 cm³/mol. The van der Waals surface area contributed by atoms with Crippen molar-refractivity contribution in [3.05, 3.63) is 99.3 Å². The van der Waals surface area contributed by atoms with Crippen molar-refractivity contribution in [2.45, 2.75) is 0 Å². The molecule has 0 saturated heterocycles. The lowest BCUT2D eigenvalue weighted by molar-refractivity contribution is 0.425. The first kappa shape index (κ1) is 26.7. The van der Waals surface area contributed by atoms with E-state index in [1.807, 2.05) is 0 Å². The van der Waals surface area contributed by atoms with Crippen LogP contribution in [0, 0.1) is 13.1 Å². The van der Waals surface area contributed by atoms with Crippen LogP contribution in [0.2, 0.25) is 10.6 Å². The van der Waals surface area contributed by atoms with Gasteiger partial charge in [-0.15, -0.1) is 9.97 Å². The van der Waals surface area contributed by atoms with E-state index in [1.165, 1.54) is 12.4 Å². The molecule has 14 heteroatoms. The SMILES string of the molecule is OB(O)c1cnc(Cl)nc1.[C-]#[N+]c1cc(-c2cnc(Cl)nc2)ccn1.[C-]#[N+]c1cc(Br)ccn1. The molecule has 0 spiro atoms. The number of hydrogen-bond donors (Lipinski definition) is 2. The van der Waals surface area contributed by atoms with Crippen LogP contribution in [0.5, 0.6) is 0 Å². The molecule has 0 aliphatic carbocycles. The second kappa shape index (κ2) is 13.9. The molecule has 0 radical (unpaired) electrons. The largest absolute Gasteiger partial charge is 0.491 e. The van der Waals surface area contributed by atoms with Crippen molar-refractivity contribution in [1.82, 2.24) is 29.9 Å². The molecule has 0 saturated carbocycles. The van der Waals surface area contributed by atoms with Gasteiger partial charge in [-0.25, -0.2) is 19.9 Å². The first-order chi connectivity index (χ1) is 16.3. The van der Waals surface area contributed by atoms with Gasteiger partial charge in [0.25, 0.3) is 11.6 Å². The Morgan fingerprint density at radius 2 is 1.24 bits per heavy atom. The smallest absolute Gasteiger partial charge is 0.423 e. The van der Waals surface area contributed by atoms with Gasteiger partial charge in [-0.1, -0.05) is 29.1 Å². The van der Waals surface area contributed by atoms with E-state index in [1.54, 1.807) is 49.1 Å². The Bertz CT molecular complexity index is 1300. The van der Waals surface area contributed by atoms with Crippen molar-refractivity contribution in [3.8, 4) is 11.1 Å². The Hall–Kier alpha value is -3.52. The fraction of sp³-hybridized carbons (Fsp3) is 0. The summed E-state index contributed by atoms with van der Waals surface area (Å²) in [6.07, 6.45) is 8.89. The second-order valence-electron chi connectivity index (χ2n) is 5.86. The van der Waals surface area contributed by atoms with Gasteiger partial charge in [-0.05, 0) is 53.0 Å². The molecule has 0 bridgehead atoms. The minimum absolute atomic E-state index is 0.0874. The van der Waals surface area contributed by atoms with Gasteiger partial charge in [0, 0.05) is 40.3 Å². The van der Waals surface area contributed by atoms with Gasteiger partial charge in [0.1, 0.15) is 12.4 Å². The van der Waals surface area contributed by atoms with Gasteiger partial charge in [0.15, 0.2) is 0 Å². The summed E-state index contributed by atoms with van der Waals surface area (Å²) in [6, 6.07) is 6.93. The molecule has 0 aliphatic rings. The number of nitrogens with zero attached hydrogens (tertiary/aromatic N) is 8. The van der Waals surface area contributed by atoms with Crippen LogP contribution in [0.4, 0.5) is 11.6 Å². The van der Waals surface area contributed by atoms with Crippen LogP contribution < -0.4 is 5.46 Å². The quantitative estimate of drug-likeness (QED) is 0.215. The molecular weight excluding hydrogens is 546 g/mol. The fourth-order valence-corrected chi connectivity index (χ4v) is 2.55. The summed E-state index contributed by atoms with van der Waals surface area (Å²) >= 11 is 14.1. The predicted octanol–water partition coefficient (Wildman–Crippen LogP) is 3.95. The maximum absolute atomic E-state index is 8.55. The van der Waals surface area contributed by atoms with E-state index < -0.39 is 7.12 Å². The molecule has 2 N–H and O–H groups in total. The van der Waals surface area contributed by atoms with Crippen LogP contribution in [0.1, 0.15) is 0 Å². The molecule has 0 fully saturated rings. The zero-order valence-electron chi connectivity index (χ0n) is 17.0. The highest BCUT2D eigenvalue weighted by molar-refractivity contribution is 9.10. The van der Waals surface area contributed by atoms with Gasteiger partial charge >= 0.3 is 7.12 Å². The molecule has 34 heavy (non-hydrogen) atoms. The number of hydrogen-bond acceptors (Lipinski definition) is 8. The summed E-state index contributed by atoms with van der Waals surface area (Å²) in [7, 11) is -1.53. The van der Waals surface area contributed by atoms with Gasteiger partial charge in [-0.3, -0.25) is 0 Å². The fourth-order valence-electron chi connectivity index (χ4n) is 2.03. The zero-order valence-corrected chi connectivity index (χ0v) is 20.1. The molecule has 0 atom stereocenters. The van der Waals surface area contributed by atoms with E-state index in [2.05, 4.69) is 55.5 Å². The lowest BCUT2D eigenvalue weighted by Gasteiger charge is -1.99. The number of aromatic nitrogens is 6. The maximum atomic E-state index is 8.55. The van der Waals surface area contributed by atoms with Crippen molar-refractivity contribution in [3.63, 3.8) is 0 Å². The highest BCUT2D eigenvalue weighted by Gasteiger charge is 2.10. The summed E-state index contributed by atoms with van der Waals surface area (Å²) < 4.78 is 0.892. The average Bonchev–Trinajstić information content (AvgIpc) is 2.85.